The number of fused-ring (bicyclic) bond motifs is 1. The Bertz CT molecular complexity index is 1210. The summed E-state index contributed by atoms with van der Waals surface area (Å²) in [6, 6.07) is 20.6. The van der Waals surface area contributed by atoms with Gasteiger partial charge in [-0.1, -0.05) is 37.3 Å². The van der Waals surface area contributed by atoms with Crippen molar-refractivity contribution in [2.45, 2.75) is 63.2 Å². The highest BCUT2D eigenvalue weighted by molar-refractivity contribution is 5.88. The van der Waals surface area contributed by atoms with E-state index < -0.39 is 0 Å². The van der Waals surface area contributed by atoms with Crippen LogP contribution >= 0.6 is 0 Å². The summed E-state index contributed by atoms with van der Waals surface area (Å²) in [6.45, 7) is 3.06. The van der Waals surface area contributed by atoms with Crippen molar-refractivity contribution in [1.82, 2.24) is 5.32 Å². The molecule has 5 fully saturated rings. The Kier molecular flexibility index (Phi) is 4.83. The minimum Gasteiger partial charge on any atom is -0.496 e. The molecule has 1 aliphatic heterocycles. The third-order valence-corrected chi connectivity index (χ3v) is 9.23. The highest BCUT2D eigenvalue weighted by atomic mass is 16.6. The minimum atomic E-state index is 0.170. The lowest BCUT2D eigenvalue weighted by Gasteiger charge is -2.57. The Morgan fingerprint density at radius 3 is 2.21 bits per heavy atom. The number of likely N-dealkylation sites (N-methyl/N-ethyl adjacent to an activating group) is 1. The summed E-state index contributed by atoms with van der Waals surface area (Å²) >= 11 is 0. The zero-order valence-corrected chi connectivity index (χ0v) is 20.3. The molecule has 3 nitrogen and oxygen atoms in total. The van der Waals surface area contributed by atoms with Crippen LogP contribution in [-0.2, 0) is 10.2 Å². The maximum absolute atomic E-state index is 5.95. The van der Waals surface area contributed by atoms with Gasteiger partial charge in [0, 0.05) is 5.56 Å². The van der Waals surface area contributed by atoms with Crippen LogP contribution in [0.4, 0.5) is 0 Å². The van der Waals surface area contributed by atoms with E-state index in [2.05, 4.69) is 66.8 Å². The van der Waals surface area contributed by atoms with E-state index in [9.17, 15) is 0 Å². The number of rotatable bonds is 6. The second-order valence-corrected chi connectivity index (χ2v) is 11.5. The summed E-state index contributed by atoms with van der Waals surface area (Å²) in [5.41, 5.74) is 5.68. The number of methoxy groups -OCH3 is 1. The number of hydrogen-bond donors (Lipinski definition) is 1. The van der Waals surface area contributed by atoms with Crippen molar-refractivity contribution in [1.29, 1.82) is 0 Å². The first-order valence-corrected chi connectivity index (χ1v) is 13.3. The van der Waals surface area contributed by atoms with Crippen LogP contribution in [0.1, 0.15) is 62.7 Å². The van der Waals surface area contributed by atoms with Gasteiger partial charge in [-0.2, -0.15) is 0 Å². The van der Waals surface area contributed by atoms with E-state index >= 15 is 0 Å². The molecule has 2 unspecified atom stereocenters. The molecule has 4 saturated carbocycles. The van der Waals surface area contributed by atoms with Gasteiger partial charge in [-0.25, -0.2) is 0 Å². The molecule has 0 amide bonds. The summed E-state index contributed by atoms with van der Waals surface area (Å²) in [4.78, 5) is 0. The molecule has 4 bridgehead atoms. The molecule has 3 heteroatoms. The lowest BCUT2D eigenvalue weighted by atomic mass is 9.48. The lowest BCUT2D eigenvalue weighted by molar-refractivity contribution is -0.00613. The largest absolute Gasteiger partial charge is 0.496 e. The monoisotopic (exact) mass is 453 g/mol. The van der Waals surface area contributed by atoms with Crippen LogP contribution in [0, 0.1) is 17.8 Å². The fourth-order valence-electron chi connectivity index (χ4n) is 8.09. The van der Waals surface area contributed by atoms with Gasteiger partial charge >= 0.3 is 0 Å². The van der Waals surface area contributed by atoms with Crippen molar-refractivity contribution < 1.29 is 9.47 Å². The van der Waals surface area contributed by atoms with Gasteiger partial charge in [-0.3, -0.25) is 5.32 Å². The fourth-order valence-corrected chi connectivity index (χ4v) is 8.09. The SMILES string of the molecule is CCNC1OC1c1ccc2cc(-c3ccc(OC)c(C45CC6CC(CC(C6)C4)C5)c3)ccc2c1. The first kappa shape index (κ1) is 21.0. The average molecular weight is 454 g/mol. The number of hydrogen-bond acceptors (Lipinski definition) is 3. The number of nitrogens with one attached hydrogen (secondary N) is 1. The van der Waals surface area contributed by atoms with E-state index in [1.54, 1.807) is 0 Å². The van der Waals surface area contributed by atoms with E-state index in [1.165, 1.54) is 71.6 Å². The Labute approximate surface area is 202 Å². The Morgan fingerprint density at radius 2 is 1.50 bits per heavy atom. The molecule has 4 aliphatic carbocycles. The van der Waals surface area contributed by atoms with E-state index in [0.717, 1.165) is 30.0 Å². The molecule has 0 aromatic heterocycles. The van der Waals surface area contributed by atoms with Crippen LogP contribution in [-0.4, -0.2) is 19.9 Å². The third kappa shape index (κ3) is 3.39. The normalized spacial score (nSPS) is 33.4. The van der Waals surface area contributed by atoms with Crippen LogP contribution in [0.2, 0.25) is 0 Å². The summed E-state index contributed by atoms with van der Waals surface area (Å²) in [6.07, 6.45) is 8.83. The molecule has 5 aliphatic rings. The van der Waals surface area contributed by atoms with Gasteiger partial charge in [0.15, 0.2) is 0 Å². The van der Waals surface area contributed by atoms with Crippen molar-refractivity contribution in [2.24, 2.45) is 17.8 Å². The molecule has 1 heterocycles. The molecule has 0 spiro atoms. The molecule has 2 atom stereocenters. The van der Waals surface area contributed by atoms with Crippen molar-refractivity contribution in [3.63, 3.8) is 0 Å². The van der Waals surface area contributed by atoms with Crippen LogP contribution in [0.25, 0.3) is 21.9 Å². The predicted molar refractivity (Wildman–Crippen MR) is 137 cm³/mol. The second-order valence-electron chi connectivity index (χ2n) is 11.5. The van der Waals surface area contributed by atoms with Crippen molar-refractivity contribution in [2.75, 3.05) is 13.7 Å². The molecule has 176 valence electrons. The van der Waals surface area contributed by atoms with Gasteiger partial charge in [-0.05, 0) is 120 Å². The minimum absolute atomic E-state index is 0.170. The molecule has 3 aromatic rings. The van der Waals surface area contributed by atoms with Gasteiger partial charge in [0.05, 0.1) is 7.11 Å². The third-order valence-electron chi connectivity index (χ3n) is 9.23. The van der Waals surface area contributed by atoms with Gasteiger partial charge in [0.2, 0.25) is 0 Å². The quantitative estimate of drug-likeness (QED) is 0.408. The first-order chi connectivity index (χ1) is 16.6. The van der Waals surface area contributed by atoms with Crippen molar-refractivity contribution >= 4 is 10.8 Å². The standard InChI is InChI=1S/C31H35NO2/c1-3-32-30-29(34-30)26-7-6-22-13-23(4-5-24(22)14-26)25-8-9-28(33-2)27(15-25)31-16-19-10-20(17-31)12-21(11-19)18-31/h4-9,13-15,19-21,29-30,32H,3,10-12,16-18H2,1-2H3. The summed E-state index contributed by atoms with van der Waals surface area (Å²) < 4.78 is 11.7. The fraction of sp³-hybridized carbons (Fsp3) is 0.484. The maximum atomic E-state index is 5.95. The molecular formula is C31H35NO2. The Morgan fingerprint density at radius 1 is 0.853 bits per heavy atom. The van der Waals surface area contributed by atoms with E-state index in [0.29, 0.717) is 5.41 Å². The lowest BCUT2D eigenvalue weighted by Crippen LogP contribution is -2.48. The van der Waals surface area contributed by atoms with E-state index in [1.807, 2.05) is 7.11 Å². The molecule has 34 heavy (non-hydrogen) atoms. The second kappa shape index (κ2) is 7.83. The highest BCUT2D eigenvalue weighted by Crippen LogP contribution is 2.62. The van der Waals surface area contributed by atoms with Crippen LogP contribution in [0.5, 0.6) is 5.75 Å². The molecule has 3 aromatic carbocycles. The van der Waals surface area contributed by atoms with Crippen LogP contribution in [0.15, 0.2) is 54.6 Å². The van der Waals surface area contributed by atoms with Gasteiger partial charge in [0.1, 0.15) is 18.1 Å². The molecule has 1 saturated heterocycles. The molecule has 0 radical (unpaired) electrons. The topological polar surface area (TPSA) is 33.8 Å². The first-order valence-electron chi connectivity index (χ1n) is 13.3. The molecular weight excluding hydrogens is 418 g/mol. The van der Waals surface area contributed by atoms with E-state index in [4.69, 9.17) is 9.47 Å². The van der Waals surface area contributed by atoms with Crippen molar-refractivity contribution in [3.05, 3.63) is 65.7 Å². The molecule has 8 rings (SSSR count). The van der Waals surface area contributed by atoms with Crippen LogP contribution in [0.3, 0.4) is 0 Å². The maximum Gasteiger partial charge on any atom is 0.139 e. The summed E-state index contributed by atoms with van der Waals surface area (Å²) in [5, 5.41) is 5.94. The predicted octanol–water partition coefficient (Wildman–Crippen LogP) is 6.99. The Hall–Kier alpha value is -2.36. The van der Waals surface area contributed by atoms with Crippen molar-refractivity contribution in [3.8, 4) is 16.9 Å². The summed E-state index contributed by atoms with van der Waals surface area (Å²) in [5.74, 6) is 3.88. The number of epoxide rings is 1. The van der Waals surface area contributed by atoms with Gasteiger partial charge < -0.3 is 9.47 Å². The van der Waals surface area contributed by atoms with Gasteiger partial charge in [-0.15, -0.1) is 0 Å². The zero-order chi connectivity index (χ0) is 22.9. The molecule has 1 N–H and O–H groups in total. The smallest absolute Gasteiger partial charge is 0.139 e. The van der Waals surface area contributed by atoms with E-state index in [-0.39, 0.29) is 12.3 Å². The summed E-state index contributed by atoms with van der Waals surface area (Å²) in [7, 11) is 1.84. The highest BCUT2D eigenvalue weighted by Gasteiger charge is 2.52. The Balaban J connectivity index is 1.23. The number of ether oxygens (including phenoxy) is 2. The van der Waals surface area contributed by atoms with Crippen LogP contribution < -0.4 is 10.1 Å². The van der Waals surface area contributed by atoms with Gasteiger partial charge in [0.25, 0.3) is 0 Å². The zero-order valence-electron chi connectivity index (χ0n) is 20.3. The number of benzene rings is 3. The average Bonchev–Trinajstić information content (AvgIpc) is 3.62.